The Bertz CT molecular complexity index is 618. The summed E-state index contributed by atoms with van der Waals surface area (Å²) in [5.41, 5.74) is 0.508. The van der Waals surface area contributed by atoms with Crippen LogP contribution in [-0.4, -0.2) is 17.9 Å². The summed E-state index contributed by atoms with van der Waals surface area (Å²) in [4.78, 5) is 36.5. The zero-order valence-corrected chi connectivity index (χ0v) is 14.1. The van der Waals surface area contributed by atoms with Crippen molar-refractivity contribution in [3.05, 3.63) is 11.6 Å². The molecule has 0 radical (unpaired) electrons. The van der Waals surface area contributed by atoms with E-state index >= 15 is 0 Å². The second-order valence-electron chi connectivity index (χ2n) is 8.68. The topological polar surface area (TPSA) is 51.2 Å². The van der Waals surface area contributed by atoms with Gasteiger partial charge in [0.2, 0.25) is 0 Å². The Morgan fingerprint density at radius 2 is 1.91 bits per heavy atom. The maximum Gasteiger partial charge on any atom is 0.155 e. The summed E-state index contributed by atoms with van der Waals surface area (Å²) in [6.45, 7) is 4.43. The van der Waals surface area contributed by atoms with Crippen molar-refractivity contribution >= 4 is 17.9 Å². The fourth-order valence-electron chi connectivity index (χ4n) is 6.63. The summed E-state index contributed by atoms with van der Waals surface area (Å²) in [6.07, 6.45) is 8.56. The molecule has 3 heteroatoms. The smallest absolute Gasteiger partial charge is 0.155 e. The molecule has 0 aromatic rings. The molecule has 3 saturated carbocycles. The third-order valence-corrected chi connectivity index (χ3v) is 7.83. The Balaban J connectivity index is 1.79. The van der Waals surface area contributed by atoms with Crippen LogP contribution in [0.15, 0.2) is 11.6 Å². The molecule has 4 aliphatic carbocycles. The lowest BCUT2D eigenvalue weighted by molar-refractivity contribution is -0.138. The first-order chi connectivity index (χ1) is 10.9. The average molecular weight is 314 g/mol. The number of fused-ring (bicyclic) bond motifs is 5. The summed E-state index contributed by atoms with van der Waals surface area (Å²) in [5.74, 6) is 2.29. The second kappa shape index (κ2) is 4.87. The summed E-state index contributed by atoms with van der Waals surface area (Å²) >= 11 is 0. The van der Waals surface area contributed by atoms with Crippen molar-refractivity contribution in [3.63, 3.8) is 0 Å². The maximum absolute atomic E-state index is 12.5. The van der Waals surface area contributed by atoms with E-state index in [2.05, 4.69) is 13.8 Å². The van der Waals surface area contributed by atoms with Crippen molar-refractivity contribution in [2.45, 2.75) is 58.8 Å². The van der Waals surface area contributed by atoms with Crippen molar-refractivity contribution in [1.29, 1.82) is 0 Å². The Hall–Kier alpha value is -1.25. The molecule has 0 N–H and O–H groups in total. The highest BCUT2D eigenvalue weighted by Crippen LogP contribution is 2.65. The van der Waals surface area contributed by atoms with E-state index < -0.39 is 5.41 Å². The van der Waals surface area contributed by atoms with E-state index in [0.29, 0.717) is 48.7 Å². The van der Waals surface area contributed by atoms with Crippen LogP contribution in [-0.2, 0) is 14.4 Å². The lowest BCUT2D eigenvalue weighted by atomic mass is 9.45. The van der Waals surface area contributed by atoms with Gasteiger partial charge < -0.3 is 4.79 Å². The predicted octanol–water partition coefficient (Wildman–Crippen LogP) is 3.51. The van der Waals surface area contributed by atoms with Crippen LogP contribution >= 0.6 is 0 Å². The average Bonchev–Trinajstić information content (AvgIpc) is 2.83. The van der Waals surface area contributed by atoms with E-state index in [4.69, 9.17) is 0 Å². The zero-order valence-electron chi connectivity index (χ0n) is 14.1. The van der Waals surface area contributed by atoms with Crippen LogP contribution in [0.4, 0.5) is 0 Å². The highest BCUT2D eigenvalue weighted by atomic mass is 16.1. The van der Waals surface area contributed by atoms with E-state index in [1.165, 1.54) is 0 Å². The van der Waals surface area contributed by atoms with Gasteiger partial charge in [0.05, 0.1) is 5.41 Å². The lowest BCUT2D eigenvalue weighted by Gasteiger charge is -2.58. The van der Waals surface area contributed by atoms with Gasteiger partial charge in [-0.2, -0.15) is 0 Å². The molecule has 3 fully saturated rings. The van der Waals surface area contributed by atoms with E-state index in [1.807, 2.05) is 0 Å². The Morgan fingerprint density at radius 1 is 1.13 bits per heavy atom. The quantitative estimate of drug-likeness (QED) is 0.696. The van der Waals surface area contributed by atoms with Gasteiger partial charge >= 0.3 is 0 Å². The Morgan fingerprint density at radius 3 is 2.65 bits per heavy atom. The third kappa shape index (κ3) is 1.85. The number of carbonyl (C=O) groups is 3. The number of carbonyl (C=O) groups excluding carboxylic acids is 3. The normalized spacial score (nSPS) is 49.0. The van der Waals surface area contributed by atoms with E-state index in [9.17, 15) is 14.4 Å². The van der Waals surface area contributed by atoms with Gasteiger partial charge in [-0.25, -0.2) is 0 Å². The first kappa shape index (κ1) is 15.3. The molecule has 0 amide bonds. The van der Waals surface area contributed by atoms with Crippen molar-refractivity contribution in [2.24, 2.45) is 34.5 Å². The molecular weight excluding hydrogens is 288 g/mol. The number of aldehydes is 1. The van der Waals surface area contributed by atoms with Gasteiger partial charge in [-0.1, -0.05) is 19.4 Å². The molecule has 1 unspecified atom stereocenters. The Kier molecular flexibility index (Phi) is 3.24. The number of Topliss-reactive ketones (excluding diaryl/α,β-unsaturated/α-hetero) is 1. The lowest BCUT2D eigenvalue weighted by Crippen LogP contribution is -2.54. The number of rotatable bonds is 1. The standard InChI is InChI=1S/C20H26O3/c1-12-9-13-10-14(22)5-8-20(13,11-21)16-6-7-19(2)15(18(12)16)3-4-17(19)23/h10-12,15-16,18H,3-9H2,1-2H3/t12?,15-,16+,18-,19-,20+/m0/s1. The predicted molar refractivity (Wildman–Crippen MR) is 86.7 cm³/mol. The minimum absolute atomic E-state index is 0.162. The SMILES string of the molecule is CC1CC2=CC(=O)CC[C@]2(C=O)[C@@H]2CC[C@]3(C)C(=O)CC[C@H]3[C@H]12. The maximum atomic E-state index is 12.5. The van der Waals surface area contributed by atoms with Gasteiger partial charge in [0.15, 0.2) is 5.78 Å². The highest BCUT2D eigenvalue weighted by molar-refractivity contribution is 5.93. The number of hydrogen-bond acceptors (Lipinski definition) is 3. The van der Waals surface area contributed by atoms with Crippen molar-refractivity contribution in [2.75, 3.05) is 0 Å². The number of ketones is 2. The molecule has 124 valence electrons. The van der Waals surface area contributed by atoms with Crippen LogP contribution in [0.5, 0.6) is 0 Å². The highest BCUT2D eigenvalue weighted by Gasteiger charge is 2.61. The molecule has 0 bridgehead atoms. The van der Waals surface area contributed by atoms with Gasteiger partial charge in [-0.3, -0.25) is 9.59 Å². The molecule has 4 rings (SSSR count). The van der Waals surface area contributed by atoms with E-state index in [0.717, 1.165) is 37.5 Å². The van der Waals surface area contributed by atoms with Crippen LogP contribution in [0.2, 0.25) is 0 Å². The molecule has 3 nitrogen and oxygen atoms in total. The van der Waals surface area contributed by atoms with Gasteiger partial charge in [-0.15, -0.1) is 0 Å². The van der Waals surface area contributed by atoms with Gasteiger partial charge in [0.25, 0.3) is 0 Å². The molecule has 0 saturated heterocycles. The molecule has 0 aromatic heterocycles. The largest absolute Gasteiger partial charge is 0.302 e. The fourth-order valence-corrected chi connectivity index (χ4v) is 6.63. The van der Waals surface area contributed by atoms with Crippen LogP contribution < -0.4 is 0 Å². The summed E-state index contributed by atoms with van der Waals surface area (Å²) in [6, 6.07) is 0. The van der Waals surface area contributed by atoms with Crippen LogP contribution in [0.25, 0.3) is 0 Å². The molecule has 0 aliphatic heterocycles. The zero-order chi connectivity index (χ0) is 16.4. The molecule has 0 spiro atoms. The molecular formula is C20H26O3. The van der Waals surface area contributed by atoms with Crippen LogP contribution in [0.3, 0.4) is 0 Å². The van der Waals surface area contributed by atoms with Gasteiger partial charge in [0, 0.05) is 18.3 Å². The monoisotopic (exact) mass is 314 g/mol. The molecule has 4 aliphatic rings. The van der Waals surface area contributed by atoms with Gasteiger partial charge in [0.1, 0.15) is 12.1 Å². The van der Waals surface area contributed by atoms with Crippen molar-refractivity contribution in [1.82, 2.24) is 0 Å². The first-order valence-electron chi connectivity index (χ1n) is 9.16. The Labute approximate surface area is 137 Å². The van der Waals surface area contributed by atoms with E-state index in [-0.39, 0.29) is 11.2 Å². The first-order valence-corrected chi connectivity index (χ1v) is 9.16. The van der Waals surface area contributed by atoms with Crippen LogP contribution in [0.1, 0.15) is 58.8 Å². The fraction of sp³-hybridized carbons (Fsp3) is 0.750. The number of hydrogen-bond donors (Lipinski definition) is 0. The molecule has 23 heavy (non-hydrogen) atoms. The van der Waals surface area contributed by atoms with Crippen LogP contribution in [0, 0.1) is 34.5 Å². The molecule has 0 aromatic carbocycles. The minimum atomic E-state index is -0.419. The second-order valence-corrected chi connectivity index (χ2v) is 8.68. The van der Waals surface area contributed by atoms with Crippen molar-refractivity contribution < 1.29 is 14.4 Å². The minimum Gasteiger partial charge on any atom is -0.302 e. The number of allylic oxidation sites excluding steroid dienone is 1. The summed E-state index contributed by atoms with van der Waals surface area (Å²) < 4.78 is 0. The summed E-state index contributed by atoms with van der Waals surface area (Å²) in [7, 11) is 0. The molecule has 6 atom stereocenters. The van der Waals surface area contributed by atoms with Crippen molar-refractivity contribution in [3.8, 4) is 0 Å². The summed E-state index contributed by atoms with van der Waals surface area (Å²) in [5, 5.41) is 0. The third-order valence-electron chi connectivity index (χ3n) is 7.83. The van der Waals surface area contributed by atoms with Gasteiger partial charge in [-0.05, 0) is 61.9 Å². The molecule has 0 heterocycles. The van der Waals surface area contributed by atoms with E-state index in [1.54, 1.807) is 6.08 Å².